The Bertz CT molecular complexity index is 823. The number of esters is 1. The Morgan fingerprint density at radius 1 is 1.07 bits per heavy atom. The van der Waals surface area contributed by atoms with Crippen LogP contribution in [0.1, 0.15) is 59.9 Å². The van der Waals surface area contributed by atoms with E-state index in [1.165, 1.54) is 0 Å². The number of carbonyl (C=O) groups is 1. The Labute approximate surface area is 182 Å². The number of hydrogen-bond acceptors (Lipinski definition) is 3. The van der Waals surface area contributed by atoms with Gasteiger partial charge in [-0.1, -0.05) is 58.0 Å². The van der Waals surface area contributed by atoms with E-state index in [0.717, 1.165) is 29.6 Å². The predicted octanol–water partition coefficient (Wildman–Crippen LogP) is 6.41. The SMILES string of the molecule is CCC1OC(=O)C(C)C(C)C=C=C(C)CC(C)C(OCc2ccccc2)C=C=C1C. The molecule has 0 saturated heterocycles. The third-order valence-electron chi connectivity index (χ3n) is 5.81. The van der Waals surface area contributed by atoms with Gasteiger partial charge in [-0.3, -0.25) is 4.79 Å². The van der Waals surface area contributed by atoms with E-state index in [2.05, 4.69) is 37.4 Å². The van der Waals surface area contributed by atoms with Gasteiger partial charge in [0.1, 0.15) is 6.10 Å². The Kier molecular flexibility index (Phi) is 9.40. The van der Waals surface area contributed by atoms with Gasteiger partial charge in [0.15, 0.2) is 0 Å². The van der Waals surface area contributed by atoms with E-state index in [-0.39, 0.29) is 35.9 Å². The van der Waals surface area contributed by atoms with Crippen molar-refractivity contribution in [3.63, 3.8) is 0 Å². The molecule has 1 heterocycles. The first-order valence-electron chi connectivity index (χ1n) is 11.0. The minimum Gasteiger partial charge on any atom is -0.457 e. The Morgan fingerprint density at radius 3 is 2.43 bits per heavy atom. The second kappa shape index (κ2) is 11.8. The van der Waals surface area contributed by atoms with Crippen molar-refractivity contribution in [3.05, 3.63) is 70.7 Å². The smallest absolute Gasteiger partial charge is 0.309 e. The molecule has 0 N–H and O–H groups in total. The summed E-state index contributed by atoms with van der Waals surface area (Å²) < 4.78 is 12.1. The number of rotatable bonds is 4. The van der Waals surface area contributed by atoms with Crippen LogP contribution in [0.25, 0.3) is 0 Å². The van der Waals surface area contributed by atoms with Crippen molar-refractivity contribution < 1.29 is 14.3 Å². The predicted molar refractivity (Wildman–Crippen MR) is 122 cm³/mol. The molecule has 0 saturated carbocycles. The summed E-state index contributed by atoms with van der Waals surface area (Å²) in [7, 11) is 0. The summed E-state index contributed by atoms with van der Waals surface area (Å²) in [5, 5.41) is 0. The molecule has 1 aliphatic rings. The minimum atomic E-state index is -0.266. The molecule has 5 unspecified atom stereocenters. The zero-order valence-corrected chi connectivity index (χ0v) is 19.3. The molecule has 5 atom stereocenters. The summed E-state index contributed by atoms with van der Waals surface area (Å²) in [5.41, 5.74) is 9.98. The third-order valence-corrected chi connectivity index (χ3v) is 5.81. The van der Waals surface area contributed by atoms with Crippen molar-refractivity contribution in [2.45, 2.75) is 73.2 Å². The van der Waals surface area contributed by atoms with Crippen molar-refractivity contribution in [2.24, 2.45) is 17.8 Å². The highest BCUT2D eigenvalue weighted by Gasteiger charge is 2.24. The van der Waals surface area contributed by atoms with Gasteiger partial charge in [0.05, 0.1) is 18.6 Å². The van der Waals surface area contributed by atoms with Crippen LogP contribution in [0.15, 0.2) is 65.1 Å². The van der Waals surface area contributed by atoms with Crippen LogP contribution in [0.4, 0.5) is 0 Å². The lowest BCUT2D eigenvalue weighted by atomic mass is 9.93. The topological polar surface area (TPSA) is 35.5 Å². The van der Waals surface area contributed by atoms with Gasteiger partial charge < -0.3 is 9.47 Å². The molecule has 1 aromatic carbocycles. The quantitative estimate of drug-likeness (QED) is 0.427. The number of benzene rings is 1. The van der Waals surface area contributed by atoms with Crippen LogP contribution in [-0.4, -0.2) is 18.2 Å². The summed E-state index contributed by atoms with van der Waals surface area (Å²) in [4.78, 5) is 12.6. The molecule has 0 aromatic heterocycles. The average Bonchev–Trinajstić information content (AvgIpc) is 2.74. The van der Waals surface area contributed by atoms with Crippen molar-refractivity contribution in [2.75, 3.05) is 0 Å². The van der Waals surface area contributed by atoms with Crippen LogP contribution in [-0.2, 0) is 20.9 Å². The molecule has 2 rings (SSSR count). The van der Waals surface area contributed by atoms with E-state index in [9.17, 15) is 4.79 Å². The summed E-state index contributed by atoms with van der Waals surface area (Å²) in [5.74, 6) is -0.0478. The van der Waals surface area contributed by atoms with E-state index >= 15 is 0 Å². The van der Waals surface area contributed by atoms with Gasteiger partial charge in [-0.25, -0.2) is 0 Å². The van der Waals surface area contributed by atoms with Gasteiger partial charge in [-0.15, -0.1) is 11.5 Å². The summed E-state index contributed by atoms with van der Waals surface area (Å²) in [6.07, 6.45) is 5.23. The molecule has 1 aliphatic heterocycles. The molecule has 3 nitrogen and oxygen atoms in total. The van der Waals surface area contributed by atoms with Crippen LogP contribution in [0.5, 0.6) is 0 Å². The van der Waals surface area contributed by atoms with Crippen molar-refractivity contribution in [1.29, 1.82) is 0 Å². The number of hydrogen-bond donors (Lipinski definition) is 0. The van der Waals surface area contributed by atoms with Gasteiger partial charge in [0, 0.05) is 5.57 Å². The molecular formula is C27H36O3. The molecule has 0 spiro atoms. The van der Waals surface area contributed by atoms with E-state index in [0.29, 0.717) is 6.61 Å². The fraction of sp³-hybridized carbons (Fsp3) is 0.519. The highest BCUT2D eigenvalue weighted by molar-refractivity contribution is 5.73. The van der Waals surface area contributed by atoms with Crippen molar-refractivity contribution in [3.8, 4) is 0 Å². The Morgan fingerprint density at radius 2 is 1.77 bits per heavy atom. The molecule has 0 aliphatic carbocycles. The van der Waals surface area contributed by atoms with Crippen LogP contribution < -0.4 is 0 Å². The fourth-order valence-electron chi connectivity index (χ4n) is 3.47. The highest BCUT2D eigenvalue weighted by atomic mass is 16.5. The van der Waals surface area contributed by atoms with Crippen molar-refractivity contribution >= 4 is 5.97 Å². The summed E-state index contributed by atoms with van der Waals surface area (Å²) >= 11 is 0. The van der Waals surface area contributed by atoms with E-state index in [1.54, 1.807) is 0 Å². The number of ether oxygens (including phenoxy) is 2. The van der Waals surface area contributed by atoms with Crippen LogP contribution >= 0.6 is 0 Å². The molecule has 0 fully saturated rings. The standard InChI is InChI=1S/C27H36O3/c1-7-25-21(4)15-16-26(29-18-24-11-9-8-10-12-24)22(5)17-19(2)13-14-20(3)23(6)27(28)30-25/h8-12,14,16,20,22-23,25-26H,7,17-18H2,1-6H3. The van der Waals surface area contributed by atoms with Gasteiger partial charge in [-0.05, 0) is 61.8 Å². The number of carbonyl (C=O) groups excluding carboxylic acids is 1. The van der Waals surface area contributed by atoms with E-state index in [4.69, 9.17) is 9.47 Å². The molecular weight excluding hydrogens is 372 g/mol. The van der Waals surface area contributed by atoms with E-state index in [1.807, 2.05) is 58.0 Å². The molecule has 0 radical (unpaired) electrons. The molecule has 0 amide bonds. The Balaban J connectivity index is 2.35. The number of allylic oxidation sites excluding steroid dienone is 1. The maximum absolute atomic E-state index is 12.6. The monoisotopic (exact) mass is 408 g/mol. The lowest BCUT2D eigenvalue weighted by molar-refractivity contribution is -0.153. The molecule has 3 heteroatoms. The first-order valence-corrected chi connectivity index (χ1v) is 11.0. The molecule has 1 aromatic rings. The molecule has 30 heavy (non-hydrogen) atoms. The second-order valence-electron chi connectivity index (χ2n) is 8.51. The van der Waals surface area contributed by atoms with Crippen LogP contribution in [0, 0.1) is 17.8 Å². The molecule has 0 bridgehead atoms. The summed E-state index contributed by atoms with van der Waals surface area (Å²) in [6, 6.07) is 10.2. The van der Waals surface area contributed by atoms with Gasteiger partial charge >= 0.3 is 5.97 Å². The second-order valence-corrected chi connectivity index (χ2v) is 8.51. The normalized spacial score (nSPS) is 28.3. The maximum atomic E-state index is 12.6. The summed E-state index contributed by atoms with van der Waals surface area (Å²) in [6.45, 7) is 12.8. The zero-order valence-electron chi connectivity index (χ0n) is 19.3. The van der Waals surface area contributed by atoms with Gasteiger partial charge in [0.2, 0.25) is 0 Å². The fourth-order valence-corrected chi connectivity index (χ4v) is 3.47. The molecule has 162 valence electrons. The highest BCUT2D eigenvalue weighted by Crippen LogP contribution is 2.22. The van der Waals surface area contributed by atoms with Gasteiger partial charge in [-0.2, -0.15) is 0 Å². The minimum absolute atomic E-state index is 0.0631. The average molecular weight is 409 g/mol. The van der Waals surface area contributed by atoms with Crippen LogP contribution in [0.2, 0.25) is 0 Å². The zero-order chi connectivity index (χ0) is 22.1. The third kappa shape index (κ3) is 7.18. The number of cyclic esters (lactones) is 1. The van der Waals surface area contributed by atoms with E-state index < -0.39 is 0 Å². The van der Waals surface area contributed by atoms with Crippen molar-refractivity contribution in [1.82, 2.24) is 0 Å². The first kappa shape index (κ1) is 24.0. The lowest BCUT2D eigenvalue weighted by Crippen LogP contribution is -2.26. The maximum Gasteiger partial charge on any atom is 0.309 e. The first-order chi connectivity index (χ1) is 14.3. The lowest BCUT2D eigenvalue weighted by Gasteiger charge is -2.23. The van der Waals surface area contributed by atoms with Gasteiger partial charge in [0.25, 0.3) is 0 Å². The Hall–Kier alpha value is -2.31. The van der Waals surface area contributed by atoms with Crippen LogP contribution in [0.3, 0.4) is 0 Å². The largest absolute Gasteiger partial charge is 0.457 e.